The smallest absolute Gasteiger partial charge is 0.406 e. The van der Waals surface area contributed by atoms with Crippen LogP contribution in [0.3, 0.4) is 0 Å². The Balaban J connectivity index is 0.00000361. The summed E-state index contributed by atoms with van der Waals surface area (Å²) in [5.41, 5.74) is 3.13. The van der Waals surface area contributed by atoms with Gasteiger partial charge in [-0.1, -0.05) is 24.3 Å². The molecular formula is C26H27BrF3N3O3. The Morgan fingerprint density at radius 1 is 1.06 bits per heavy atom. The lowest BCUT2D eigenvalue weighted by atomic mass is 9.96. The topological polar surface area (TPSA) is 63.7 Å². The van der Waals surface area contributed by atoms with E-state index in [4.69, 9.17) is 4.74 Å². The van der Waals surface area contributed by atoms with Crippen molar-refractivity contribution in [3.63, 3.8) is 0 Å². The Morgan fingerprint density at radius 3 is 2.31 bits per heavy atom. The minimum Gasteiger partial charge on any atom is -0.406 e. The predicted octanol–water partition coefficient (Wildman–Crippen LogP) is 6.40. The Bertz CT molecular complexity index is 1180. The first-order valence-corrected chi connectivity index (χ1v) is 11.2. The van der Waals surface area contributed by atoms with Crippen molar-refractivity contribution < 1.29 is 27.4 Å². The van der Waals surface area contributed by atoms with E-state index in [-0.39, 0.29) is 40.8 Å². The molecular weight excluding hydrogens is 539 g/mol. The van der Waals surface area contributed by atoms with Crippen LogP contribution < -0.4 is 15.0 Å². The van der Waals surface area contributed by atoms with Gasteiger partial charge >= 0.3 is 6.36 Å². The van der Waals surface area contributed by atoms with E-state index in [1.54, 1.807) is 25.3 Å². The Morgan fingerprint density at radius 2 is 1.72 bits per heavy atom. The van der Waals surface area contributed by atoms with Crippen LogP contribution in [0, 0.1) is 6.92 Å². The summed E-state index contributed by atoms with van der Waals surface area (Å²) in [5, 5.41) is 2.87. The number of nitrogens with one attached hydrogen (secondary N) is 1. The summed E-state index contributed by atoms with van der Waals surface area (Å²) in [6, 6.07) is 14.5. The Hall–Kier alpha value is -3.11. The van der Waals surface area contributed by atoms with E-state index in [2.05, 4.69) is 19.9 Å². The maximum Gasteiger partial charge on any atom is 0.573 e. The normalized spacial score (nSPS) is 17.8. The van der Waals surface area contributed by atoms with Crippen molar-refractivity contribution in [2.75, 3.05) is 23.3 Å². The summed E-state index contributed by atoms with van der Waals surface area (Å²) in [6.07, 6.45) is -2.90. The highest BCUT2D eigenvalue weighted by Crippen LogP contribution is 2.30. The lowest BCUT2D eigenvalue weighted by Crippen LogP contribution is -2.45. The van der Waals surface area contributed by atoms with Gasteiger partial charge in [0.1, 0.15) is 11.6 Å². The standard InChI is InChI=1S/C26H26F3N3O3.BrH/c1-16-14-32(15-17(2)34-16)24-12-9-20(13-30-24)31-25(33)23-6-4-5-22(18(23)3)19-7-10-21(11-8-19)35-26(27,28)29;/h4-13,16-17H,14-15H2,1-3H3,(H,31,33);1H/t16-,17+;. The Kier molecular flexibility index (Phi) is 8.63. The number of nitrogens with zero attached hydrogens (tertiary/aromatic N) is 2. The maximum atomic E-state index is 13.0. The molecule has 0 aliphatic carbocycles. The zero-order valence-electron chi connectivity index (χ0n) is 20.0. The molecule has 0 spiro atoms. The third kappa shape index (κ3) is 6.76. The number of hydrogen-bond acceptors (Lipinski definition) is 5. The second kappa shape index (κ2) is 11.3. The minimum atomic E-state index is -4.75. The first-order valence-electron chi connectivity index (χ1n) is 11.2. The van der Waals surface area contributed by atoms with Crippen molar-refractivity contribution in [1.82, 2.24) is 4.98 Å². The molecule has 4 rings (SSSR count). The molecule has 0 bridgehead atoms. The molecule has 192 valence electrons. The number of anilines is 2. The van der Waals surface area contributed by atoms with Crippen molar-refractivity contribution in [2.45, 2.75) is 39.3 Å². The first-order chi connectivity index (χ1) is 16.6. The maximum absolute atomic E-state index is 13.0. The highest BCUT2D eigenvalue weighted by Gasteiger charge is 2.31. The number of ether oxygens (including phenoxy) is 2. The number of benzene rings is 2. The van der Waals surface area contributed by atoms with Crippen LogP contribution in [0.4, 0.5) is 24.7 Å². The van der Waals surface area contributed by atoms with E-state index < -0.39 is 6.36 Å². The second-order valence-electron chi connectivity index (χ2n) is 8.57. The van der Waals surface area contributed by atoms with Crippen LogP contribution in [0.5, 0.6) is 5.75 Å². The summed E-state index contributed by atoms with van der Waals surface area (Å²) in [4.78, 5) is 19.6. The van der Waals surface area contributed by atoms with E-state index in [9.17, 15) is 18.0 Å². The average Bonchev–Trinajstić information content (AvgIpc) is 2.79. The summed E-state index contributed by atoms with van der Waals surface area (Å²) in [5.74, 6) is 0.218. The summed E-state index contributed by atoms with van der Waals surface area (Å²) < 4.78 is 46.9. The molecule has 3 aromatic rings. The van der Waals surface area contributed by atoms with Crippen LogP contribution in [0.1, 0.15) is 29.8 Å². The van der Waals surface area contributed by atoms with Gasteiger partial charge in [-0.15, -0.1) is 30.2 Å². The van der Waals surface area contributed by atoms with Gasteiger partial charge in [0.15, 0.2) is 0 Å². The zero-order chi connectivity index (χ0) is 25.2. The minimum absolute atomic E-state index is 0. The summed E-state index contributed by atoms with van der Waals surface area (Å²) in [7, 11) is 0. The highest BCUT2D eigenvalue weighted by molar-refractivity contribution is 8.93. The molecule has 1 amide bonds. The zero-order valence-corrected chi connectivity index (χ0v) is 21.7. The monoisotopic (exact) mass is 565 g/mol. The lowest BCUT2D eigenvalue weighted by molar-refractivity contribution is -0.274. The summed E-state index contributed by atoms with van der Waals surface area (Å²) in [6.45, 7) is 7.35. The van der Waals surface area contributed by atoms with E-state index in [0.717, 1.165) is 24.5 Å². The third-order valence-corrected chi connectivity index (χ3v) is 5.73. The number of rotatable bonds is 5. The molecule has 0 saturated carbocycles. The Labute approximate surface area is 218 Å². The van der Waals surface area contributed by atoms with Gasteiger partial charge in [0.05, 0.1) is 24.1 Å². The van der Waals surface area contributed by atoms with Gasteiger partial charge in [-0.05, 0) is 67.8 Å². The molecule has 2 heterocycles. The molecule has 0 radical (unpaired) electrons. The summed E-state index contributed by atoms with van der Waals surface area (Å²) >= 11 is 0. The van der Waals surface area contributed by atoms with E-state index in [1.807, 2.05) is 32.0 Å². The van der Waals surface area contributed by atoms with E-state index in [1.165, 1.54) is 24.3 Å². The fourth-order valence-corrected chi connectivity index (χ4v) is 4.24. The molecule has 1 aliphatic heterocycles. The van der Waals surface area contributed by atoms with Gasteiger partial charge in [0.25, 0.3) is 5.91 Å². The van der Waals surface area contributed by atoms with Crippen LogP contribution in [0.25, 0.3) is 11.1 Å². The molecule has 6 nitrogen and oxygen atoms in total. The SMILES string of the molecule is Br.Cc1c(C(=O)Nc2ccc(N3C[C@@H](C)O[C@@H](C)C3)nc2)cccc1-c1ccc(OC(F)(F)F)cc1. The number of aromatic nitrogens is 1. The van der Waals surface area contributed by atoms with Crippen LogP contribution in [-0.4, -0.2) is 42.6 Å². The number of amides is 1. The van der Waals surface area contributed by atoms with Crippen LogP contribution in [0.2, 0.25) is 0 Å². The van der Waals surface area contributed by atoms with Crippen LogP contribution in [-0.2, 0) is 4.74 Å². The van der Waals surface area contributed by atoms with E-state index in [0.29, 0.717) is 22.4 Å². The largest absolute Gasteiger partial charge is 0.573 e. The molecule has 2 aromatic carbocycles. The number of carbonyl (C=O) groups excluding carboxylic acids is 1. The molecule has 10 heteroatoms. The van der Waals surface area contributed by atoms with Crippen molar-refractivity contribution in [1.29, 1.82) is 0 Å². The van der Waals surface area contributed by atoms with Gasteiger partial charge < -0.3 is 19.7 Å². The van der Waals surface area contributed by atoms with Gasteiger partial charge in [-0.25, -0.2) is 4.98 Å². The van der Waals surface area contributed by atoms with Gasteiger partial charge in [0.2, 0.25) is 0 Å². The molecule has 2 atom stereocenters. The van der Waals surface area contributed by atoms with Crippen LogP contribution >= 0.6 is 17.0 Å². The molecule has 1 aromatic heterocycles. The molecule has 36 heavy (non-hydrogen) atoms. The number of morpholine rings is 1. The first kappa shape index (κ1) is 27.5. The number of carbonyl (C=O) groups is 1. The fourth-order valence-electron chi connectivity index (χ4n) is 4.24. The third-order valence-electron chi connectivity index (χ3n) is 5.73. The molecule has 1 saturated heterocycles. The lowest BCUT2D eigenvalue weighted by Gasteiger charge is -2.36. The molecule has 1 N–H and O–H groups in total. The number of alkyl halides is 3. The second-order valence-corrected chi connectivity index (χ2v) is 8.57. The quantitative estimate of drug-likeness (QED) is 0.388. The van der Waals surface area contributed by atoms with Crippen molar-refractivity contribution >= 4 is 34.4 Å². The number of pyridine rings is 1. The average molecular weight is 566 g/mol. The highest BCUT2D eigenvalue weighted by atomic mass is 79.9. The fraction of sp³-hybridized carbons (Fsp3) is 0.308. The van der Waals surface area contributed by atoms with Crippen molar-refractivity contribution in [2.24, 2.45) is 0 Å². The van der Waals surface area contributed by atoms with E-state index >= 15 is 0 Å². The molecule has 0 unspecified atom stereocenters. The van der Waals surface area contributed by atoms with Gasteiger partial charge in [-0.2, -0.15) is 0 Å². The van der Waals surface area contributed by atoms with Crippen molar-refractivity contribution in [3.05, 3.63) is 71.9 Å². The number of hydrogen-bond donors (Lipinski definition) is 1. The van der Waals surface area contributed by atoms with Crippen molar-refractivity contribution in [3.8, 4) is 16.9 Å². The van der Waals surface area contributed by atoms with Crippen LogP contribution in [0.15, 0.2) is 60.8 Å². The molecule has 1 aliphatic rings. The molecule has 1 fully saturated rings. The predicted molar refractivity (Wildman–Crippen MR) is 138 cm³/mol. The van der Waals surface area contributed by atoms with Gasteiger partial charge in [-0.3, -0.25) is 4.79 Å². The van der Waals surface area contributed by atoms with Gasteiger partial charge in [0, 0.05) is 18.7 Å². The number of halogens is 4.